The number of nitrogens with zero attached hydrogens (tertiary/aromatic N) is 2. The number of ether oxygens (including phenoxy) is 1. The molecule has 0 radical (unpaired) electrons. The zero-order chi connectivity index (χ0) is 16.1. The van der Waals surface area contributed by atoms with Gasteiger partial charge in [0.2, 0.25) is 5.91 Å². The molecular weight excluding hydrogens is 294 g/mol. The van der Waals surface area contributed by atoms with Gasteiger partial charge < -0.3 is 14.5 Å². The van der Waals surface area contributed by atoms with Gasteiger partial charge in [0.1, 0.15) is 6.54 Å². The highest BCUT2D eigenvalue weighted by Gasteiger charge is 2.15. The lowest BCUT2D eigenvalue weighted by Crippen LogP contribution is -2.31. The lowest BCUT2D eigenvalue weighted by atomic mass is 10.3. The fraction of sp³-hybridized carbons (Fsp3) is 0.385. The van der Waals surface area contributed by atoms with Crippen LogP contribution in [0.3, 0.4) is 0 Å². The third kappa shape index (κ3) is 3.50. The van der Waals surface area contributed by atoms with Gasteiger partial charge in [0.15, 0.2) is 5.58 Å². The van der Waals surface area contributed by atoms with Crippen LogP contribution in [-0.2, 0) is 16.1 Å². The number of rotatable bonds is 7. The third-order valence-electron chi connectivity index (χ3n) is 3.01. The van der Waals surface area contributed by atoms with E-state index in [2.05, 4.69) is 5.32 Å². The molecular formula is C13H15N3O6. The average Bonchev–Trinajstić information content (AvgIpc) is 2.79. The van der Waals surface area contributed by atoms with Crippen LogP contribution in [0.4, 0.5) is 5.69 Å². The fourth-order valence-electron chi connectivity index (χ4n) is 1.96. The summed E-state index contributed by atoms with van der Waals surface area (Å²) in [5, 5.41) is 13.3. The standard InChI is InChI=1S/C13H15N3O6/c1-21-6-2-5-14-12(17)8-15-10-4-3-9(16(19)20)7-11(10)22-13(15)18/h3-4,7H,2,5-6,8H2,1H3,(H,14,17). The molecule has 1 aromatic carbocycles. The molecule has 118 valence electrons. The van der Waals surface area contributed by atoms with Crippen molar-refractivity contribution in [2.24, 2.45) is 0 Å². The number of methoxy groups -OCH3 is 1. The van der Waals surface area contributed by atoms with Gasteiger partial charge in [-0.25, -0.2) is 4.79 Å². The first-order chi connectivity index (χ1) is 10.5. The summed E-state index contributed by atoms with van der Waals surface area (Å²) in [6, 6.07) is 3.80. The second-order valence-electron chi connectivity index (χ2n) is 4.56. The molecule has 22 heavy (non-hydrogen) atoms. The van der Waals surface area contributed by atoms with Crippen molar-refractivity contribution >= 4 is 22.7 Å². The van der Waals surface area contributed by atoms with E-state index in [4.69, 9.17) is 9.15 Å². The number of carbonyl (C=O) groups excluding carboxylic acids is 1. The molecule has 1 heterocycles. The Labute approximate surface area is 124 Å². The van der Waals surface area contributed by atoms with Crippen molar-refractivity contribution in [2.75, 3.05) is 20.3 Å². The fourth-order valence-corrected chi connectivity index (χ4v) is 1.96. The van der Waals surface area contributed by atoms with Gasteiger partial charge in [-0.1, -0.05) is 0 Å². The topological polar surface area (TPSA) is 117 Å². The van der Waals surface area contributed by atoms with Crippen molar-refractivity contribution in [1.82, 2.24) is 9.88 Å². The van der Waals surface area contributed by atoms with Crippen LogP contribution < -0.4 is 11.1 Å². The maximum Gasteiger partial charge on any atom is 0.420 e. The predicted molar refractivity (Wildman–Crippen MR) is 76.6 cm³/mol. The van der Waals surface area contributed by atoms with Crippen LogP contribution in [-0.4, -0.2) is 35.7 Å². The van der Waals surface area contributed by atoms with Crippen molar-refractivity contribution in [1.29, 1.82) is 0 Å². The van der Waals surface area contributed by atoms with Gasteiger partial charge in [0.25, 0.3) is 5.69 Å². The number of carbonyl (C=O) groups is 1. The number of non-ortho nitro benzene ring substituents is 1. The third-order valence-corrected chi connectivity index (χ3v) is 3.01. The molecule has 0 spiro atoms. The number of nitro benzene ring substituents is 1. The molecule has 0 atom stereocenters. The molecule has 0 aliphatic carbocycles. The monoisotopic (exact) mass is 309 g/mol. The Morgan fingerprint density at radius 2 is 2.27 bits per heavy atom. The number of benzene rings is 1. The number of amides is 1. The molecule has 0 aliphatic rings. The Morgan fingerprint density at radius 3 is 2.95 bits per heavy atom. The summed E-state index contributed by atoms with van der Waals surface area (Å²) in [4.78, 5) is 33.6. The zero-order valence-corrected chi connectivity index (χ0v) is 11.9. The summed E-state index contributed by atoms with van der Waals surface area (Å²) in [6.07, 6.45) is 0.662. The maximum atomic E-state index is 11.8. The molecule has 2 rings (SSSR count). The van der Waals surface area contributed by atoms with Gasteiger partial charge >= 0.3 is 5.76 Å². The summed E-state index contributed by atoms with van der Waals surface area (Å²) in [7, 11) is 1.57. The number of hydrogen-bond acceptors (Lipinski definition) is 6. The van der Waals surface area contributed by atoms with E-state index in [0.29, 0.717) is 25.1 Å². The minimum absolute atomic E-state index is 0.0754. The molecule has 0 saturated carbocycles. The minimum Gasteiger partial charge on any atom is -0.407 e. The van der Waals surface area contributed by atoms with Crippen molar-refractivity contribution in [3.63, 3.8) is 0 Å². The summed E-state index contributed by atoms with van der Waals surface area (Å²) in [5.41, 5.74) is 0.228. The molecule has 9 heteroatoms. The van der Waals surface area contributed by atoms with Crippen molar-refractivity contribution in [3.05, 3.63) is 38.9 Å². The van der Waals surface area contributed by atoms with E-state index >= 15 is 0 Å². The highest BCUT2D eigenvalue weighted by molar-refractivity contribution is 5.80. The highest BCUT2D eigenvalue weighted by atomic mass is 16.6. The molecule has 2 aromatic rings. The predicted octanol–water partition coefficient (Wildman–Crippen LogP) is 0.655. The number of fused-ring (bicyclic) bond motifs is 1. The van der Waals surface area contributed by atoms with Gasteiger partial charge in [-0.2, -0.15) is 0 Å². The quantitative estimate of drug-likeness (QED) is 0.456. The Kier molecular flexibility index (Phi) is 4.89. The Hall–Kier alpha value is -2.68. The van der Waals surface area contributed by atoms with Crippen LogP contribution in [0.5, 0.6) is 0 Å². The number of nitrogens with one attached hydrogen (secondary N) is 1. The summed E-state index contributed by atoms with van der Waals surface area (Å²) in [5.74, 6) is -1.08. The van der Waals surface area contributed by atoms with E-state index in [9.17, 15) is 19.7 Å². The first kappa shape index (κ1) is 15.7. The van der Waals surface area contributed by atoms with E-state index in [-0.39, 0.29) is 23.7 Å². The number of nitro groups is 1. The van der Waals surface area contributed by atoms with E-state index in [1.807, 2.05) is 0 Å². The molecule has 0 saturated heterocycles. The van der Waals surface area contributed by atoms with Crippen LogP contribution >= 0.6 is 0 Å². The normalized spacial score (nSPS) is 10.8. The van der Waals surface area contributed by atoms with E-state index in [0.717, 1.165) is 10.6 Å². The van der Waals surface area contributed by atoms with Crippen molar-refractivity contribution in [2.45, 2.75) is 13.0 Å². The SMILES string of the molecule is COCCCNC(=O)Cn1c(=O)oc2cc([N+](=O)[O-])ccc21. The summed E-state index contributed by atoms with van der Waals surface area (Å²) >= 11 is 0. The molecule has 0 unspecified atom stereocenters. The number of aromatic nitrogens is 1. The lowest BCUT2D eigenvalue weighted by Gasteiger charge is -2.05. The van der Waals surface area contributed by atoms with E-state index < -0.39 is 10.7 Å². The first-order valence-corrected chi connectivity index (χ1v) is 6.56. The van der Waals surface area contributed by atoms with E-state index in [1.54, 1.807) is 7.11 Å². The number of hydrogen-bond donors (Lipinski definition) is 1. The van der Waals surface area contributed by atoms with Crippen LogP contribution in [0.15, 0.2) is 27.4 Å². The van der Waals surface area contributed by atoms with Crippen LogP contribution in [0.25, 0.3) is 11.1 Å². The smallest absolute Gasteiger partial charge is 0.407 e. The van der Waals surface area contributed by atoms with Gasteiger partial charge in [-0.05, 0) is 12.5 Å². The molecule has 0 bridgehead atoms. The largest absolute Gasteiger partial charge is 0.420 e. The van der Waals surface area contributed by atoms with Crippen LogP contribution in [0, 0.1) is 10.1 Å². The maximum absolute atomic E-state index is 11.8. The highest BCUT2D eigenvalue weighted by Crippen LogP contribution is 2.19. The molecule has 1 amide bonds. The average molecular weight is 309 g/mol. The van der Waals surface area contributed by atoms with Gasteiger partial charge in [0, 0.05) is 26.3 Å². The summed E-state index contributed by atoms with van der Waals surface area (Å²) in [6.45, 7) is 0.748. The lowest BCUT2D eigenvalue weighted by molar-refractivity contribution is -0.384. The zero-order valence-electron chi connectivity index (χ0n) is 11.9. The van der Waals surface area contributed by atoms with Gasteiger partial charge in [-0.3, -0.25) is 19.5 Å². The first-order valence-electron chi connectivity index (χ1n) is 6.56. The molecule has 9 nitrogen and oxygen atoms in total. The molecule has 1 aromatic heterocycles. The summed E-state index contributed by atoms with van der Waals surface area (Å²) < 4.78 is 10.9. The van der Waals surface area contributed by atoms with E-state index in [1.165, 1.54) is 12.1 Å². The van der Waals surface area contributed by atoms with Crippen molar-refractivity contribution < 1.29 is 18.9 Å². The van der Waals surface area contributed by atoms with Gasteiger partial charge in [-0.15, -0.1) is 0 Å². The van der Waals surface area contributed by atoms with Gasteiger partial charge in [0.05, 0.1) is 16.5 Å². The number of oxazole rings is 1. The molecule has 1 N–H and O–H groups in total. The molecule has 0 fully saturated rings. The van der Waals surface area contributed by atoms with Crippen LogP contribution in [0.1, 0.15) is 6.42 Å². The Balaban J connectivity index is 2.14. The Morgan fingerprint density at radius 1 is 1.50 bits per heavy atom. The second kappa shape index (κ2) is 6.85. The van der Waals surface area contributed by atoms with Crippen molar-refractivity contribution in [3.8, 4) is 0 Å². The Bertz CT molecular complexity index is 748. The second-order valence-corrected chi connectivity index (χ2v) is 4.56. The van der Waals surface area contributed by atoms with Crippen LogP contribution in [0.2, 0.25) is 0 Å². The minimum atomic E-state index is -0.734. The molecule has 0 aliphatic heterocycles.